The Kier molecular flexibility index (Phi) is 7.04. The van der Waals surface area contributed by atoms with Crippen molar-refractivity contribution in [2.24, 2.45) is 5.73 Å². The van der Waals surface area contributed by atoms with E-state index in [0.717, 1.165) is 23.5 Å². The molecule has 0 radical (unpaired) electrons. The largest absolute Gasteiger partial charge is 0.490 e. The molecule has 2 aromatic rings. The Balaban J connectivity index is 1.87. The van der Waals surface area contributed by atoms with Crippen LogP contribution in [0.2, 0.25) is 5.02 Å². The summed E-state index contributed by atoms with van der Waals surface area (Å²) in [5, 5.41) is 0.688. The lowest BCUT2D eigenvalue weighted by molar-refractivity contribution is 0.208. The van der Waals surface area contributed by atoms with Gasteiger partial charge in [-0.3, -0.25) is 0 Å². The molecule has 2 aromatic carbocycles. The SMILES string of the molecule is CCOc1cc(CCN)ccc1OCCOc1ccc(Cl)cc1. The fourth-order valence-electron chi connectivity index (χ4n) is 2.10. The third-order valence-corrected chi connectivity index (χ3v) is 3.42. The van der Waals surface area contributed by atoms with E-state index in [9.17, 15) is 0 Å². The molecule has 0 fully saturated rings. The number of rotatable bonds is 9. The van der Waals surface area contributed by atoms with Crippen molar-refractivity contribution in [2.45, 2.75) is 13.3 Å². The molecule has 124 valence electrons. The number of halogens is 1. The van der Waals surface area contributed by atoms with E-state index in [0.29, 0.717) is 37.1 Å². The van der Waals surface area contributed by atoms with E-state index in [1.54, 1.807) is 12.1 Å². The molecular formula is C18H22ClNO3. The highest BCUT2D eigenvalue weighted by Crippen LogP contribution is 2.28. The Labute approximate surface area is 142 Å². The maximum absolute atomic E-state index is 5.83. The number of benzene rings is 2. The molecule has 0 unspecified atom stereocenters. The van der Waals surface area contributed by atoms with Crippen LogP contribution in [0.4, 0.5) is 0 Å². The summed E-state index contributed by atoms with van der Waals surface area (Å²) in [6.45, 7) is 4.02. The van der Waals surface area contributed by atoms with Gasteiger partial charge in [-0.1, -0.05) is 17.7 Å². The highest BCUT2D eigenvalue weighted by molar-refractivity contribution is 6.30. The van der Waals surface area contributed by atoms with Crippen molar-refractivity contribution >= 4 is 11.6 Å². The Hall–Kier alpha value is -1.91. The van der Waals surface area contributed by atoms with Crippen LogP contribution in [0, 0.1) is 0 Å². The van der Waals surface area contributed by atoms with Gasteiger partial charge in [-0.15, -0.1) is 0 Å². The van der Waals surface area contributed by atoms with E-state index in [1.165, 1.54) is 0 Å². The molecule has 2 rings (SSSR count). The fraction of sp³-hybridized carbons (Fsp3) is 0.333. The first-order valence-corrected chi connectivity index (χ1v) is 8.07. The molecular weight excluding hydrogens is 314 g/mol. The standard InChI is InChI=1S/C18H22ClNO3/c1-2-21-18-13-14(9-10-20)3-8-17(18)23-12-11-22-16-6-4-15(19)5-7-16/h3-8,13H,2,9-12,20H2,1H3. The highest BCUT2D eigenvalue weighted by Gasteiger charge is 2.06. The van der Waals surface area contributed by atoms with Gasteiger partial charge < -0.3 is 19.9 Å². The molecule has 0 heterocycles. The topological polar surface area (TPSA) is 53.7 Å². The Morgan fingerprint density at radius 1 is 0.913 bits per heavy atom. The molecule has 0 bridgehead atoms. The Bertz CT molecular complexity index is 602. The van der Waals surface area contributed by atoms with Crippen LogP contribution in [0.15, 0.2) is 42.5 Å². The lowest BCUT2D eigenvalue weighted by atomic mass is 10.1. The van der Waals surface area contributed by atoms with Crippen LogP contribution in [0.3, 0.4) is 0 Å². The first-order chi connectivity index (χ1) is 11.2. The molecule has 0 atom stereocenters. The van der Waals surface area contributed by atoms with E-state index in [-0.39, 0.29) is 0 Å². The van der Waals surface area contributed by atoms with Crippen molar-refractivity contribution < 1.29 is 14.2 Å². The van der Waals surface area contributed by atoms with Gasteiger partial charge in [0.15, 0.2) is 11.5 Å². The van der Waals surface area contributed by atoms with Gasteiger partial charge in [0.1, 0.15) is 19.0 Å². The quantitative estimate of drug-likeness (QED) is 0.710. The summed E-state index contributed by atoms with van der Waals surface area (Å²) in [5.74, 6) is 2.22. The third-order valence-electron chi connectivity index (χ3n) is 3.16. The smallest absolute Gasteiger partial charge is 0.161 e. The van der Waals surface area contributed by atoms with Crippen molar-refractivity contribution in [1.82, 2.24) is 0 Å². The normalized spacial score (nSPS) is 10.4. The van der Waals surface area contributed by atoms with E-state index in [4.69, 9.17) is 31.5 Å². The zero-order valence-corrected chi connectivity index (χ0v) is 14.0. The lowest BCUT2D eigenvalue weighted by Crippen LogP contribution is -2.10. The summed E-state index contributed by atoms with van der Waals surface area (Å²) in [4.78, 5) is 0. The molecule has 0 spiro atoms. The van der Waals surface area contributed by atoms with Crippen molar-refractivity contribution in [2.75, 3.05) is 26.4 Å². The first kappa shape index (κ1) is 17.4. The van der Waals surface area contributed by atoms with Gasteiger partial charge in [0.25, 0.3) is 0 Å². The Morgan fingerprint density at radius 3 is 2.35 bits per heavy atom. The van der Waals surface area contributed by atoms with Gasteiger partial charge in [-0.25, -0.2) is 0 Å². The minimum absolute atomic E-state index is 0.430. The van der Waals surface area contributed by atoms with Crippen LogP contribution >= 0.6 is 11.6 Å². The molecule has 0 saturated heterocycles. The fourth-order valence-corrected chi connectivity index (χ4v) is 2.23. The summed E-state index contributed by atoms with van der Waals surface area (Å²) in [6.07, 6.45) is 0.819. The predicted octanol–water partition coefficient (Wildman–Crippen LogP) is 3.70. The molecule has 0 aliphatic heterocycles. The van der Waals surface area contributed by atoms with Gasteiger partial charge >= 0.3 is 0 Å². The van der Waals surface area contributed by atoms with Crippen LogP contribution in [0.25, 0.3) is 0 Å². The maximum atomic E-state index is 5.83. The van der Waals surface area contributed by atoms with E-state index >= 15 is 0 Å². The second-order valence-corrected chi connectivity index (χ2v) is 5.34. The summed E-state index contributed by atoms with van der Waals surface area (Å²) >= 11 is 5.83. The maximum Gasteiger partial charge on any atom is 0.161 e. The van der Waals surface area contributed by atoms with Crippen LogP contribution in [0.1, 0.15) is 12.5 Å². The molecule has 0 amide bonds. The summed E-state index contributed by atoms with van der Waals surface area (Å²) < 4.78 is 17.0. The molecule has 0 saturated carbocycles. The highest BCUT2D eigenvalue weighted by atomic mass is 35.5. The molecule has 23 heavy (non-hydrogen) atoms. The van der Waals surface area contributed by atoms with Crippen LogP contribution < -0.4 is 19.9 Å². The molecule has 5 heteroatoms. The molecule has 0 aliphatic rings. The summed E-state index contributed by atoms with van der Waals surface area (Å²) in [7, 11) is 0. The van der Waals surface area contributed by atoms with Crippen molar-refractivity contribution in [1.29, 1.82) is 0 Å². The second-order valence-electron chi connectivity index (χ2n) is 4.90. The molecule has 0 aromatic heterocycles. The van der Waals surface area contributed by atoms with Gasteiger partial charge in [0, 0.05) is 5.02 Å². The summed E-state index contributed by atoms with van der Waals surface area (Å²) in [6, 6.07) is 13.1. The first-order valence-electron chi connectivity index (χ1n) is 7.70. The number of nitrogens with two attached hydrogens (primary N) is 1. The number of ether oxygens (including phenoxy) is 3. The average molecular weight is 336 g/mol. The minimum atomic E-state index is 0.430. The zero-order valence-electron chi connectivity index (χ0n) is 13.3. The van der Waals surface area contributed by atoms with Crippen LogP contribution in [-0.2, 0) is 6.42 Å². The molecule has 4 nitrogen and oxygen atoms in total. The van der Waals surface area contributed by atoms with Gasteiger partial charge in [0.2, 0.25) is 0 Å². The average Bonchev–Trinajstić information content (AvgIpc) is 2.55. The van der Waals surface area contributed by atoms with Gasteiger partial charge in [0.05, 0.1) is 6.61 Å². The van der Waals surface area contributed by atoms with Gasteiger partial charge in [-0.2, -0.15) is 0 Å². The molecule has 2 N–H and O–H groups in total. The Morgan fingerprint density at radius 2 is 1.65 bits per heavy atom. The lowest BCUT2D eigenvalue weighted by Gasteiger charge is -2.13. The minimum Gasteiger partial charge on any atom is -0.490 e. The van der Waals surface area contributed by atoms with Crippen LogP contribution in [0.5, 0.6) is 17.2 Å². The molecule has 0 aliphatic carbocycles. The second kappa shape index (κ2) is 9.28. The summed E-state index contributed by atoms with van der Waals surface area (Å²) in [5.41, 5.74) is 6.73. The zero-order chi connectivity index (χ0) is 16.5. The van der Waals surface area contributed by atoms with E-state index in [1.807, 2.05) is 37.3 Å². The van der Waals surface area contributed by atoms with Gasteiger partial charge in [-0.05, 0) is 61.9 Å². The predicted molar refractivity (Wildman–Crippen MR) is 92.8 cm³/mol. The van der Waals surface area contributed by atoms with E-state index < -0.39 is 0 Å². The van der Waals surface area contributed by atoms with Crippen molar-refractivity contribution in [3.8, 4) is 17.2 Å². The van der Waals surface area contributed by atoms with Crippen molar-refractivity contribution in [3.63, 3.8) is 0 Å². The van der Waals surface area contributed by atoms with Crippen LogP contribution in [-0.4, -0.2) is 26.4 Å². The monoisotopic (exact) mass is 335 g/mol. The number of hydrogen-bond acceptors (Lipinski definition) is 4. The number of hydrogen-bond donors (Lipinski definition) is 1. The third kappa shape index (κ3) is 5.66. The van der Waals surface area contributed by atoms with Crippen molar-refractivity contribution in [3.05, 3.63) is 53.1 Å². The van der Waals surface area contributed by atoms with E-state index in [2.05, 4.69) is 0 Å².